The fourth-order valence-electron chi connectivity index (χ4n) is 2.90. The second-order valence-corrected chi connectivity index (χ2v) is 6.19. The van der Waals surface area contributed by atoms with Crippen LogP contribution < -0.4 is 5.32 Å². The summed E-state index contributed by atoms with van der Waals surface area (Å²) in [7, 11) is 1.58. The first kappa shape index (κ1) is 16.5. The predicted molar refractivity (Wildman–Crippen MR) is 90.3 cm³/mol. The maximum Gasteiger partial charge on any atom is 0.230 e. The number of fused-ring (bicyclic) bond motifs is 1. The molecular formula is C18H16ClFN2O2. The van der Waals surface area contributed by atoms with E-state index < -0.39 is 11.7 Å². The zero-order valence-electron chi connectivity index (χ0n) is 13.1. The molecule has 0 bridgehead atoms. The molecule has 4 nitrogen and oxygen atoms in total. The molecule has 0 radical (unpaired) electrons. The smallest absolute Gasteiger partial charge is 0.230 e. The Labute approximate surface area is 144 Å². The Hall–Kier alpha value is -2.40. The Balaban J connectivity index is 1.85. The number of halogens is 2. The van der Waals surface area contributed by atoms with E-state index in [1.165, 1.54) is 17.0 Å². The van der Waals surface area contributed by atoms with Crippen molar-refractivity contribution in [3.8, 4) is 0 Å². The summed E-state index contributed by atoms with van der Waals surface area (Å²) >= 11 is 6.03. The van der Waals surface area contributed by atoms with Crippen LogP contribution >= 0.6 is 11.6 Å². The molecule has 2 aromatic rings. The lowest BCUT2D eigenvalue weighted by atomic mass is 9.89. The van der Waals surface area contributed by atoms with Crippen molar-refractivity contribution >= 4 is 29.1 Å². The van der Waals surface area contributed by atoms with Crippen LogP contribution in [-0.2, 0) is 16.1 Å². The summed E-state index contributed by atoms with van der Waals surface area (Å²) in [6.45, 7) is 0.0463. The highest BCUT2D eigenvalue weighted by Gasteiger charge is 2.32. The average molecular weight is 347 g/mol. The van der Waals surface area contributed by atoms with Crippen LogP contribution in [0.5, 0.6) is 0 Å². The molecule has 1 unspecified atom stereocenters. The van der Waals surface area contributed by atoms with Crippen LogP contribution in [0.4, 0.5) is 10.1 Å². The van der Waals surface area contributed by atoms with Crippen molar-refractivity contribution in [3.63, 3.8) is 0 Å². The van der Waals surface area contributed by atoms with E-state index in [-0.39, 0.29) is 35.4 Å². The number of nitrogens with zero attached hydrogens (tertiary/aromatic N) is 1. The highest BCUT2D eigenvalue weighted by Crippen LogP contribution is 2.33. The number of hydrogen-bond donors (Lipinski definition) is 1. The number of likely N-dealkylation sites (N-methyl/N-ethyl adjacent to an activating group) is 1. The molecule has 0 aromatic heterocycles. The summed E-state index contributed by atoms with van der Waals surface area (Å²) in [6, 6.07) is 11.6. The topological polar surface area (TPSA) is 49.4 Å². The fourth-order valence-corrected chi connectivity index (χ4v) is 3.12. The van der Waals surface area contributed by atoms with Gasteiger partial charge in [-0.25, -0.2) is 4.39 Å². The second kappa shape index (κ2) is 6.61. The molecule has 2 aromatic carbocycles. The molecule has 1 N–H and O–H groups in total. The van der Waals surface area contributed by atoms with E-state index in [0.717, 1.165) is 5.56 Å². The number of benzene rings is 2. The Morgan fingerprint density at radius 3 is 2.79 bits per heavy atom. The lowest BCUT2D eigenvalue weighted by Crippen LogP contribution is -2.36. The van der Waals surface area contributed by atoms with Gasteiger partial charge in [0.15, 0.2) is 0 Å². The molecule has 1 aliphatic rings. The molecule has 124 valence electrons. The van der Waals surface area contributed by atoms with Crippen molar-refractivity contribution in [3.05, 3.63) is 64.4 Å². The normalized spacial score (nSPS) is 16.3. The van der Waals surface area contributed by atoms with Crippen molar-refractivity contribution < 1.29 is 14.0 Å². The molecule has 1 aliphatic heterocycles. The van der Waals surface area contributed by atoms with Crippen LogP contribution in [0, 0.1) is 5.82 Å². The minimum atomic E-state index is -0.578. The van der Waals surface area contributed by atoms with Gasteiger partial charge in [0.25, 0.3) is 0 Å². The van der Waals surface area contributed by atoms with E-state index >= 15 is 0 Å². The van der Waals surface area contributed by atoms with E-state index in [9.17, 15) is 14.0 Å². The maximum atomic E-state index is 13.9. The molecule has 0 saturated carbocycles. The minimum Gasteiger partial charge on any atom is -0.341 e. The fraction of sp³-hybridized carbons (Fsp3) is 0.222. The highest BCUT2D eigenvalue weighted by molar-refractivity contribution is 6.31. The molecule has 24 heavy (non-hydrogen) atoms. The SMILES string of the molecule is CN(Cc1c(F)cccc1Cl)C(=O)C1CC(=O)Nc2ccccc21. The molecule has 6 heteroatoms. The van der Waals surface area contributed by atoms with Gasteiger partial charge >= 0.3 is 0 Å². The van der Waals surface area contributed by atoms with Gasteiger partial charge in [0.2, 0.25) is 11.8 Å². The zero-order chi connectivity index (χ0) is 17.3. The van der Waals surface area contributed by atoms with Gasteiger partial charge < -0.3 is 10.2 Å². The lowest BCUT2D eigenvalue weighted by molar-refractivity contribution is -0.134. The van der Waals surface area contributed by atoms with Gasteiger partial charge in [-0.2, -0.15) is 0 Å². The van der Waals surface area contributed by atoms with Gasteiger partial charge in [-0.15, -0.1) is 0 Å². The van der Waals surface area contributed by atoms with Crippen molar-refractivity contribution in [2.24, 2.45) is 0 Å². The Morgan fingerprint density at radius 1 is 1.29 bits per heavy atom. The van der Waals surface area contributed by atoms with Crippen LogP contribution in [-0.4, -0.2) is 23.8 Å². The molecule has 1 heterocycles. The summed E-state index contributed by atoms with van der Waals surface area (Å²) in [5.41, 5.74) is 1.68. The zero-order valence-corrected chi connectivity index (χ0v) is 13.8. The van der Waals surface area contributed by atoms with Gasteiger partial charge in [-0.1, -0.05) is 35.9 Å². The van der Waals surface area contributed by atoms with Gasteiger partial charge in [0.05, 0.1) is 5.92 Å². The van der Waals surface area contributed by atoms with Crippen molar-refractivity contribution in [2.75, 3.05) is 12.4 Å². The summed E-state index contributed by atoms with van der Waals surface area (Å²) in [6.07, 6.45) is 0.0746. The summed E-state index contributed by atoms with van der Waals surface area (Å²) < 4.78 is 13.9. The number of rotatable bonds is 3. The number of anilines is 1. The van der Waals surface area contributed by atoms with Crippen LogP contribution in [0.1, 0.15) is 23.5 Å². The maximum absolute atomic E-state index is 13.9. The van der Waals surface area contributed by atoms with Crippen molar-refractivity contribution in [2.45, 2.75) is 18.9 Å². The van der Waals surface area contributed by atoms with E-state index in [1.54, 1.807) is 25.2 Å². The van der Waals surface area contributed by atoms with Crippen LogP contribution in [0.2, 0.25) is 5.02 Å². The van der Waals surface area contributed by atoms with Crippen LogP contribution in [0.25, 0.3) is 0 Å². The monoisotopic (exact) mass is 346 g/mol. The quantitative estimate of drug-likeness (QED) is 0.923. The highest BCUT2D eigenvalue weighted by atomic mass is 35.5. The first-order valence-corrected chi connectivity index (χ1v) is 7.92. The first-order valence-electron chi connectivity index (χ1n) is 7.54. The Morgan fingerprint density at radius 2 is 2.04 bits per heavy atom. The molecule has 2 amide bonds. The minimum absolute atomic E-state index is 0.0463. The second-order valence-electron chi connectivity index (χ2n) is 5.79. The van der Waals surface area contributed by atoms with E-state index in [0.29, 0.717) is 5.69 Å². The predicted octanol–water partition coefficient (Wildman–Crippen LogP) is 3.56. The molecular weight excluding hydrogens is 331 g/mol. The van der Waals surface area contributed by atoms with E-state index in [4.69, 9.17) is 11.6 Å². The summed E-state index contributed by atoms with van der Waals surface area (Å²) in [5.74, 6) is -1.48. The lowest BCUT2D eigenvalue weighted by Gasteiger charge is -2.28. The van der Waals surface area contributed by atoms with Gasteiger partial charge in [0.1, 0.15) is 5.82 Å². The molecule has 0 spiro atoms. The summed E-state index contributed by atoms with van der Waals surface area (Å²) in [5, 5.41) is 3.04. The van der Waals surface area contributed by atoms with Gasteiger partial charge in [0, 0.05) is 36.3 Å². The molecule has 0 fully saturated rings. The number of amides is 2. The molecule has 0 saturated heterocycles. The van der Waals surface area contributed by atoms with Crippen molar-refractivity contribution in [1.29, 1.82) is 0 Å². The van der Waals surface area contributed by atoms with Crippen LogP contribution in [0.3, 0.4) is 0 Å². The molecule has 0 aliphatic carbocycles. The molecule has 3 rings (SSSR count). The first-order chi connectivity index (χ1) is 11.5. The van der Waals surface area contributed by atoms with E-state index in [2.05, 4.69) is 5.32 Å². The van der Waals surface area contributed by atoms with Crippen LogP contribution in [0.15, 0.2) is 42.5 Å². The number of para-hydroxylation sites is 1. The Bertz CT molecular complexity index is 789. The number of carbonyl (C=O) groups excluding carboxylic acids is 2. The Kier molecular flexibility index (Phi) is 4.53. The molecule has 1 atom stereocenters. The number of nitrogens with one attached hydrogen (secondary N) is 1. The third kappa shape index (κ3) is 3.12. The van der Waals surface area contributed by atoms with Gasteiger partial charge in [-0.3, -0.25) is 9.59 Å². The average Bonchev–Trinajstić information content (AvgIpc) is 2.56. The van der Waals surface area contributed by atoms with Gasteiger partial charge in [-0.05, 0) is 23.8 Å². The summed E-state index contributed by atoms with van der Waals surface area (Å²) in [4.78, 5) is 26.1. The van der Waals surface area contributed by atoms with E-state index in [1.807, 2.05) is 12.1 Å². The third-order valence-electron chi connectivity index (χ3n) is 4.13. The number of hydrogen-bond acceptors (Lipinski definition) is 2. The standard InChI is InChI=1S/C18H16ClFN2O2/c1-22(10-13-14(19)6-4-7-15(13)20)18(24)12-9-17(23)21-16-8-3-2-5-11(12)16/h2-8,12H,9-10H2,1H3,(H,21,23). The van der Waals surface area contributed by atoms with Crippen molar-refractivity contribution in [1.82, 2.24) is 4.90 Å². The number of carbonyl (C=O) groups is 2. The third-order valence-corrected chi connectivity index (χ3v) is 4.49. The largest absolute Gasteiger partial charge is 0.341 e.